The molecule has 102 valence electrons. The number of nitrogens with zero attached hydrogens (tertiary/aromatic N) is 2. The van der Waals surface area contributed by atoms with E-state index in [1.54, 1.807) is 6.20 Å². The fourth-order valence-corrected chi connectivity index (χ4v) is 2.48. The molecule has 0 bridgehead atoms. The molecule has 2 aromatic heterocycles. The molecule has 0 saturated carbocycles. The van der Waals surface area contributed by atoms with Crippen LogP contribution in [0.15, 0.2) is 12.3 Å². The van der Waals surface area contributed by atoms with Gasteiger partial charge in [-0.05, 0) is 26.8 Å². The number of fused-ring (bicyclic) bond motifs is 1. The number of amides is 1. The second-order valence-electron chi connectivity index (χ2n) is 5.08. The van der Waals surface area contributed by atoms with Crippen molar-refractivity contribution in [2.75, 3.05) is 5.73 Å². The van der Waals surface area contributed by atoms with Crippen molar-refractivity contribution in [3.05, 3.63) is 17.1 Å². The summed E-state index contributed by atoms with van der Waals surface area (Å²) in [5.74, 6) is 0.408. The van der Waals surface area contributed by atoms with Gasteiger partial charge in [-0.1, -0.05) is 0 Å². The highest BCUT2D eigenvalue weighted by atomic mass is 32.1. The quantitative estimate of drug-likeness (QED) is 0.881. The van der Waals surface area contributed by atoms with Crippen LogP contribution in [-0.2, 0) is 11.3 Å². The minimum Gasteiger partial charge on any atom is -0.444 e. The van der Waals surface area contributed by atoms with E-state index in [9.17, 15) is 4.79 Å². The topological polar surface area (TPSA) is 90.1 Å². The average Bonchev–Trinajstić information content (AvgIpc) is 2.68. The number of alkyl carbamates (subject to hydrolysis) is 1. The largest absolute Gasteiger partial charge is 0.444 e. The number of nitrogens with one attached hydrogen (secondary N) is 1. The molecule has 1 amide bonds. The maximum atomic E-state index is 11.5. The minimum atomic E-state index is -0.498. The molecule has 2 rings (SSSR count). The van der Waals surface area contributed by atoms with Crippen LogP contribution < -0.4 is 11.1 Å². The molecule has 19 heavy (non-hydrogen) atoms. The van der Waals surface area contributed by atoms with Crippen molar-refractivity contribution >= 4 is 33.3 Å². The van der Waals surface area contributed by atoms with Crippen molar-refractivity contribution in [2.24, 2.45) is 0 Å². The Kier molecular flexibility index (Phi) is 3.57. The van der Waals surface area contributed by atoms with Gasteiger partial charge in [0.25, 0.3) is 0 Å². The molecule has 7 heteroatoms. The zero-order valence-corrected chi connectivity index (χ0v) is 11.9. The molecule has 0 aliphatic carbocycles. The lowest BCUT2D eigenvalue weighted by Gasteiger charge is -2.19. The third-order valence-corrected chi connectivity index (χ3v) is 3.39. The molecule has 2 heterocycles. The smallest absolute Gasteiger partial charge is 0.407 e. The van der Waals surface area contributed by atoms with Gasteiger partial charge in [-0.25, -0.2) is 4.79 Å². The molecule has 0 aliphatic heterocycles. The highest BCUT2D eigenvalue weighted by Crippen LogP contribution is 2.28. The molecule has 0 radical (unpaired) electrons. The van der Waals surface area contributed by atoms with Crippen LogP contribution in [0, 0.1) is 0 Å². The number of aromatic nitrogens is 2. The predicted octanol–water partition coefficient (Wildman–Crippen LogP) is 2.30. The molecule has 0 saturated heterocycles. The Morgan fingerprint density at radius 2 is 2.26 bits per heavy atom. The summed E-state index contributed by atoms with van der Waals surface area (Å²) in [6, 6.07) is 1.93. The molecule has 0 aliphatic rings. The highest BCUT2D eigenvalue weighted by molar-refractivity contribution is 7.19. The SMILES string of the molecule is CC(C)(C)OC(=O)NCc1cc2cnnc(N)c2s1. The van der Waals surface area contributed by atoms with E-state index in [-0.39, 0.29) is 0 Å². The predicted molar refractivity (Wildman–Crippen MR) is 74.9 cm³/mol. The number of thiophene rings is 1. The number of rotatable bonds is 2. The first kappa shape index (κ1) is 13.5. The van der Waals surface area contributed by atoms with Crippen LogP contribution in [0.3, 0.4) is 0 Å². The summed E-state index contributed by atoms with van der Waals surface area (Å²) in [5.41, 5.74) is 5.24. The van der Waals surface area contributed by atoms with E-state index in [0.717, 1.165) is 15.0 Å². The minimum absolute atomic E-state index is 0.397. The molecular formula is C12H16N4O2S. The summed E-state index contributed by atoms with van der Waals surface area (Å²) >= 11 is 1.49. The second-order valence-corrected chi connectivity index (χ2v) is 6.22. The van der Waals surface area contributed by atoms with Crippen LogP contribution in [0.25, 0.3) is 10.1 Å². The molecular weight excluding hydrogens is 264 g/mol. The van der Waals surface area contributed by atoms with E-state index in [2.05, 4.69) is 15.5 Å². The van der Waals surface area contributed by atoms with Gasteiger partial charge < -0.3 is 15.8 Å². The Morgan fingerprint density at radius 3 is 2.89 bits per heavy atom. The number of ether oxygens (including phenoxy) is 1. The van der Waals surface area contributed by atoms with Crippen LogP contribution in [0.5, 0.6) is 0 Å². The summed E-state index contributed by atoms with van der Waals surface area (Å²) in [5, 5.41) is 11.2. The fraction of sp³-hybridized carbons (Fsp3) is 0.417. The van der Waals surface area contributed by atoms with Crippen LogP contribution >= 0.6 is 11.3 Å². The lowest BCUT2D eigenvalue weighted by molar-refractivity contribution is 0.0524. The molecule has 0 aromatic carbocycles. The standard InChI is InChI=1S/C12H16N4O2S/c1-12(2,3)18-11(17)14-6-8-4-7-5-15-16-10(13)9(7)19-8/h4-5H,6H2,1-3H3,(H2,13,16)(H,14,17). The monoisotopic (exact) mass is 280 g/mol. The zero-order chi connectivity index (χ0) is 14.0. The number of nitrogen functional groups attached to an aromatic ring is 1. The van der Waals surface area contributed by atoms with Gasteiger partial charge >= 0.3 is 6.09 Å². The number of nitrogens with two attached hydrogens (primary N) is 1. The van der Waals surface area contributed by atoms with E-state index >= 15 is 0 Å². The van der Waals surface area contributed by atoms with E-state index in [1.807, 2.05) is 26.8 Å². The molecule has 0 unspecified atom stereocenters. The van der Waals surface area contributed by atoms with E-state index in [0.29, 0.717) is 12.4 Å². The Balaban J connectivity index is 2.02. The summed E-state index contributed by atoms with van der Waals surface area (Å²) in [6.45, 7) is 5.87. The van der Waals surface area contributed by atoms with Crippen LogP contribution in [-0.4, -0.2) is 21.9 Å². The van der Waals surface area contributed by atoms with Crippen molar-refractivity contribution < 1.29 is 9.53 Å². The Bertz CT molecular complexity index is 603. The van der Waals surface area contributed by atoms with E-state index in [1.165, 1.54) is 11.3 Å². The van der Waals surface area contributed by atoms with Gasteiger partial charge in [-0.3, -0.25) is 0 Å². The molecule has 6 nitrogen and oxygen atoms in total. The third kappa shape index (κ3) is 3.54. The third-order valence-electron chi connectivity index (χ3n) is 2.21. The van der Waals surface area contributed by atoms with Crippen molar-refractivity contribution in [1.82, 2.24) is 15.5 Å². The Morgan fingerprint density at radius 1 is 1.53 bits per heavy atom. The Hall–Kier alpha value is -1.89. The Labute approximate surface area is 115 Å². The summed E-state index contributed by atoms with van der Waals surface area (Å²) in [4.78, 5) is 12.5. The highest BCUT2D eigenvalue weighted by Gasteiger charge is 2.16. The van der Waals surface area contributed by atoms with Crippen molar-refractivity contribution in [2.45, 2.75) is 32.9 Å². The van der Waals surface area contributed by atoms with E-state index in [4.69, 9.17) is 10.5 Å². The lowest BCUT2D eigenvalue weighted by Crippen LogP contribution is -2.31. The number of carbonyl (C=O) groups is 1. The van der Waals surface area contributed by atoms with Crippen molar-refractivity contribution in [3.63, 3.8) is 0 Å². The number of hydrogen-bond acceptors (Lipinski definition) is 6. The molecule has 0 fully saturated rings. The maximum Gasteiger partial charge on any atom is 0.407 e. The first-order valence-electron chi connectivity index (χ1n) is 5.81. The normalized spacial score (nSPS) is 11.5. The number of anilines is 1. The van der Waals surface area contributed by atoms with E-state index < -0.39 is 11.7 Å². The van der Waals surface area contributed by atoms with Gasteiger partial charge in [-0.2, -0.15) is 5.10 Å². The summed E-state index contributed by atoms with van der Waals surface area (Å²) in [7, 11) is 0. The van der Waals surface area contributed by atoms with Gasteiger partial charge in [0.15, 0.2) is 5.82 Å². The van der Waals surface area contributed by atoms with Gasteiger partial charge in [0.1, 0.15) is 5.60 Å². The van der Waals surface area contributed by atoms with Crippen LogP contribution in [0.1, 0.15) is 25.6 Å². The first-order chi connectivity index (χ1) is 8.85. The van der Waals surface area contributed by atoms with Gasteiger partial charge in [0, 0.05) is 10.3 Å². The fourth-order valence-electron chi connectivity index (χ4n) is 1.51. The summed E-state index contributed by atoms with van der Waals surface area (Å²) < 4.78 is 6.05. The first-order valence-corrected chi connectivity index (χ1v) is 6.63. The average molecular weight is 280 g/mol. The molecule has 0 atom stereocenters. The van der Waals surface area contributed by atoms with Crippen molar-refractivity contribution in [3.8, 4) is 0 Å². The van der Waals surface area contributed by atoms with Gasteiger partial charge in [0.05, 0.1) is 17.4 Å². The molecule has 2 aromatic rings. The second kappa shape index (κ2) is 5.00. The summed E-state index contributed by atoms with van der Waals surface area (Å²) in [6.07, 6.45) is 1.22. The van der Waals surface area contributed by atoms with Crippen LogP contribution in [0.2, 0.25) is 0 Å². The number of carbonyl (C=O) groups excluding carboxylic acids is 1. The zero-order valence-electron chi connectivity index (χ0n) is 11.1. The molecule has 3 N–H and O–H groups in total. The number of hydrogen-bond donors (Lipinski definition) is 2. The maximum absolute atomic E-state index is 11.5. The van der Waals surface area contributed by atoms with Gasteiger partial charge in [-0.15, -0.1) is 16.4 Å². The lowest BCUT2D eigenvalue weighted by atomic mass is 10.2. The van der Waals surface area contributed by atoms with Gasteiger partial charge in [0.2, 0.25) is 0 Å². The molecule has 0 spiro atoms. The van der Waals surface area contributed by atoms with Crippen molar-refractivity contribution in [1.29, 1.82) is 0 Å². The van der Waals surface area contributed by atoms with Crippen LogP contribution in [0.4, 0.5) is 10.6 Å².